The molecule has 1 aromatic carbocycles. The molecule has 3 aromatic rings. The first-order valence-electron chi connectivity index (χ1n) is 5.15. The Bertz CT molecular complexity index is 617. The van der Waals surface area contributed by atoms with Crippen molar-refractivity contribution in [3.8, 4) is 20.2 Å². The summed E-state index contributed by atoms with van der Waals surface area (Å²) in [4.78, 5) is 3.62. The van der Waals surface area contributed by atoms with Gasteiger partial charge in [0.2, 0.25) is 0 Å². The smallest absolute Gasteiger partial charge is 1.00 e. The summed E-state index contributed by atoms with van der Waals surface area (Å²) >= 11 is 3.33. The number of hydrogen-bond donors (Lipinski definition) is 0. The van der Waals surface area contributed by atoms with Gasteiger partial charge in [0.15, 0.2) is 0 Å². The molecule has 5 heteroatoms. The molecule has 0 saturated carbocycles. The molecule has 0 N–H and O–H groups in total. The summed E-state index contributed by atoms with van der Waals surface area (Å²) in [5.41, 5.74) is 1.06. The van der Waals surface area contributed by atoms with Crippen molar-refractivity contribution in [1.29, 1.82) is 0 Å². The van der Waals surface area contributed by atoms with Crippen LogP contribution < -0.4 is 12.4 Å². The fraction of sp³-hybridized carbons (Fsp3) is 0. The van der Waals surface area contributed by atoms with Crippen LogP contribution in [-0.2, 0) is 19.5 Å². The van der Waals surface area contributed by atoms with Gasteiger partial charge in [0, 0.05) is 4.88 Å². The summed E-state index contributed by atoms with van der Waals surface area (Å²) < 4.78 is 12.8. The van der Waals surface area contributed by atoms with Crippen LogP contribution in [0.3, 0.4) is 0 Å². The molecule has 0 unspecified atom stereocenters. The minimum absolute atomic E-state index is 0. The Labute approximate surface area is 138 Å². The monoisotopic (exact) mass is 358 g/mol. The Balaban J connectivity index is 0.000000902. The summed E-state index contributed by atoms with van der Waals surface area (Å²) in [6.07, 6.45) is 0. The first-order valence-corrected chi connectivity index (χ1v) is 6.78. The van der Waals surface area contributed by atoms with E-state index in [1.54, 1.807) is 22.7 Å². The van der Waals surface area contributed by atoms with Crippen molar-refractivity contribution in [3.05, 3.63) is 59.7 Å². The number of hydrogen-bond acceptors (Lipinski definition) is 2. The second kappa shape index (κ2) is 7.30. The van der Waals surface area contributed by atoms with Crippen LogP contribution in [0, 0.1) is 11.2 Å². The maximum absolute atomic E-state index is 12.8. The van der Waals surface area contributed by atoms with Gasteiger partial charge in [0.1, 0.15) is 5.82 Å². The predicted octanol–water partition coefficient (Wildman–Crippen LogP) is 2.08. The largest absolute Gasteiger partial charge is 2.00 e. The van der Waals surface area contributed by atoms with E-state index in [1.807, 2.05) is 18.2 Å². The van der Waals surface area contributed by atoms with E-state index in [-0.39, 0.29) is 37.7 Å². The van der Waals surface area contributed by atoms with Gasteiger partial charge in [-0.3, -0.25) is 11.3 Å². The predicted molar refractivity (Wildman–Crippen MR) is 71.9 cm³/mol. The van der Waals surface area contributed by atoms with Crippen molar-refractivity contribution < 1.29 is 36.3 Å². The minimum Gasteiger partial charge on any atom is -1.00 e. The average Bonchev–Trinajstić information content (AvgIpc) is 3.00. The molecule has 0 saturated heterocycles. The van der Waals surface area contributed by atoms with Crippen LogP contribution in [0.4, 0.5) is 4.39 Å². The molecule has 0 radical (unpaired) electrons. The molecule has 0 amide bonds. The van der Waals surface area contributed by atoms with Crippen LogP contribution in [-0.4, -0.2) is 0 Å². The zero-order chi connectivity index (χ0) is 11.7. The number of halogens is 2. The molecule has 2 aromatic heterocycles. The van der Waals surface area contributed by atoms with Crippen LogP contribution in [0.5, 0.6) is 0 Å². The second-order valence-corrected chi connectivity index (χ2v) is 5.55. The number of benzene rings is 1. The van der Waals surface area contributed by atoms with Crippen molar-refractivity contribution in [2.24, 2.45) is 0 Å². The van der Waals surface area contributed by atoms with Crippen molar-refractivity contribution in [3.63, 3.8) is 0 Å². The van der Waals surface area contributed by atoms with E-state index in [0.717, 1.165) is 10.4 Å². The fourth-order valence-corrected chi connectivity index (χ4v) is 3.36. The maximum atomic E-state index is 12.8. The van der Waals surface area contributed by atoms with Crippen molar-refractivity contribution >= 4 is 22.7 Å². The molecule has 0 bridgehead atoms. The van der Waals surface area contributed by atoms with Gasteiger partial charge < -0.3 is 12.4 Å². The molecule has 92 valence electrons. The zero-order valence-corrected chi connectivity index (χ0v) is 15.3. The molecule has 19 heavy (non-hydrogen) atoms. The van der Waals surface area contributed by atoms with E-state index in [4.69, 9.17) is 0 Å². The molecule has 0 aliphatic carbocycles. The summed E-state index contributed by atoms with van der Waals surface area (Å²) in [7, 11) is 0. The molecular weight excluding hydrogens is 352 g/mol. The zero-order valence-electron chi connectivity index (χ0n) is 9.90. The molecule has 3 rings (SSSR count). The summed E-state index contributed by atoms with van der Waals surface area (Å²) in [5.74, 6) is -0.196. The average molecular weight is 360 g/mol. The topological polar surface area (TPSA) is 0 Å². The molecule has 0 fully saturated rings. The van der Waals surface area contributed by atoms with E-state index in [1.165, 1.54) is 21.9 Å². The first kappa shape index (κ1) is 16.5. The Morgan fingerprint density at radius 1 is 0.842 bits per heavy atom. The van der Waals surface area contributed by atoms with E-state index in [0.29, 0.717) is 0 Å². The van der Waals surface area contributed by atoms with Gasteiger partial charge in [0.05, 0.1) is 0 Å². The second-order valence-electron chi connectivity index (χ2n) is 3.59. The minimum atomic E-state index is -0.196. The van der Waals surface area contributed by atoms with Gasteiger partial charge in [-0.2, -0.15) is 12.1 Å². The molecular formula is C14H8ClFS2Zn. The maximum Gasteiger partial charge on any atom is 2.00 e. The third-order valence-corrected chi connectivity index (χ3v) is 4.58. The quantitative estimate of drug-likeness (QED) is 0.485. The van der Waals surface area contributed by atoms with Crippen LogP contribution in [0.25, 0.3) is 20.2 Å². The van der Waals surface area contributed by atoms with E-state index >= 15 is 0 Å². The standard InChI is InChI=1S/C14H8FS2.ClH.Zn/c15-11-5-3-10(4-6-11)12-7-8-14(17-12)13-2-1-9-16-13;;/h1-8H;1H;/q-1;;+2/p-1. The molecule has 0 nitrogen and oxygen atoms in total. The summed E-state index contributed by atoms with van der Waals surface area (Å²) in [5, 5.41) is 3.08. The SMILES string of the molecule is Fc1ccc(-c2ccc(-c3cc[c-]s3)s2)cc1.[Cl-].[Zn+2]. The number of thiophene rings is 2. The van der Waals surface area contributed by atoms with Gasteiger partial charge in [-0.05, 0) is 28.6 Å². The first-order chi connectivity index (χ1) is 8.33. The third-order valence-electron chi connectivity index (χ3n) is 2.45. The van der Waals surface area contributed by atoms with Crippen LogP contribution in [0.2, 0.25) is 0 Å². The van der Waals surface area contributed by atoms with Gasteiger partial charge in [-0.1, -0.05) is 18.2 Å². The van der Waals surface area contributed by atoms with Crippen molar-refractivity contribution in [1.82, 2.24) is 0 Å². The van der Waals surface area contributed by atoms with Gasteiger partial charge >= 0.3 is 19.5 Å². The van der Waals surface area contributed by atoms with Crippen LogP contribution >= 0.6 is 22.7 Å². The van der Waals surface area contributed by atoms with Gasteiger partial charge in [-0.15, -0.1) is 21.6 Å². The Kier molecular flexibility index (Phi) is 6.35. The third kappa shape index (κ3) is 3.73. The Hall–Kier alpha value is -0.537. The molecule has 0 aliphatic heterocycles. The normalized spacial score (nSPS) is 9.53. The van der Waals surface area contributed by atoms with E-state index < -0.39 is 0 Å². The molecule has 0 spiro atoms. The van der Waals surface area contributed by atoms with E-state index in [2.05, 4.69) is 23.6 Å². The van der Waals surface area contributed by atoms with Gasteiger partial charge in [-0.25, -0.2) is 4.39 Å². The van der Waals surface area contributed by atoms with Crippen molar-refractivity contribution in [2.75, 3.05) is 0 Å². The Morgan fingerprint density at radius 2 is 1.53 bits per heavy atom. The van der Waals surface area contributed by atoms with Gasteiger partial charge in [0.25, 0.3) is 0 Å². The number of rotatable bonds is 2. The fourth-order valence-electron chi connectivity index (χ4n) is 1.61. The van der Waals surface area contributed by atoms with Crippen LogP contribution in [0.1, 0.15) is 0 Å². The summed E-state index contributed by atoms with van der Waals surface area (Å²) in [6.45, 7) is 0. The van der Waals surface area contributed by atoms with E-state index in [9.17, 15) is 4.39 Å². The Morgan fingerprint density at radius 3 is 2.16 bits per heavy atom. The molecule has 2 heterocycles. The van der Waals surface area contributed by atoms with Crippen LogP contribution in [0.15, 0.2) is 48.5 Å². The van der Waals surface area contributed by atoms with Crippen molar-refractivity contribution in [2.45, 2.75) is 0 Å². The summed E-state index contributed by atoms with van der Waals surface area (Å²) in [6, 6.07) is 14.8. The molecule has 0 aliphatic rings. The molecule has 0 atom stereocenters.